The molecule has 7 N–H and O–H groups in total. The summed E-state index contributed by atoms with van der Waals surface area (Å²) in [5.41, 5.74) is 0. The Morgan fingerprint density at radius 3 is 1.70 bits per heavy atom. The lowest BCUT2D eigenvalue weighted by Crippen LogP contribution is -2.63. The minimum Gasteiger partial charge on any atom is -0.394 e. The van der Waals surface area contributed by atoms with E-state index in [0.29, 0.717) is 0 Å². The first kappa shape index (κ1) is 18.9. The number of ether oxygens (including phenoxy) is 3. The van der Waals surface area contributed by atoms with Crippen molar-refractivity contribution >= 4 is 0 Å². The van der Waals surface area contributed by atoms with Gasteiger partial charge in [0, 0.05) is 0 Å². The Hall–Kier alpha value is -0.470. The SMILES string of the molecule is OC[C@H]1O[C@@H](O[C@H]2O[C@H](CO)[C@@H](O)[C@H](O)[C@@H]2F)[C@H](O)[C@@H](O)[C@@H]1O. The van der Waals surface area contributed by atoms with E-state index in [0.717, 1.165) is 0 Å². The Labute approximate surface area is 130 Å². The molecular weight excluding hydrogens is 323 g/mol. The van der Waals surface area contributed by atoms with E-state index in [1.807, 2.05) is 0 Å². The zero-order valence-electron chi connectivity index (χ0n) is 11.9. The van der Waals surface area contributed by atoms with E-state index in [-0.39, 0.29) is 0 Å². The van der Waals surface area contributed by atoms with Crippen LogP contribution in [0.2, 0.25) is 0 Å². The predicted molar refractivity (Wildman–Crippen MR) is 67.5 cm³/mol. The highest BCUT2D eigenvalue weighted by Crippen LogP contribution is 2.29. The van der Waals surface area contributed by atoms with Gasteiger partial charge in [0.15, 0.2) is 18.8 Å². The molecule has 0 saturated carbocycles. The highest BCUT2D eigenvalue weighted by molar-refractivity contribution is 4.92. The molecule has 136 valence electrons. The molecule has 11 heteroatoms. The molecule has 2 fully saturated rings. The van der Waals surface area contributed by atoms with Gasteiger partial charge >= 0.3 is 0 Å². The molecule has 10 atom stereocenters. The summed E-state index contributed by atoms with van der Waals surface area (Å²) in [6, 6.07) is 0. The first-order valence-electron chi connectivity index (χ1n) is 7.04. The van der Waals surface area contributed by atoms with Crippen LogP contribution in [0.1, 0.15) is 0 Å². The van der Waals surface area contributed by atoms with Crippen LogP contribution in [0.25, 0.3) is 0 Å². The van der Waals surface area contributed by atoms with Crippen LogP contribution in [-0.2, 0) is 14.2 Å². The average Bonchev–Trinajstić information content (AvgIpc) is 2.55. The van der Waals surface area contributed by atoms with Gasteiger partial charge < -0.3 is 50.0 Å². The van der Waals surface area contributed by atoms with Crippen LogP contribution in [0.5, 0.6) is 0 Å². The summed E-state index contributed by atoms with van der Waals surface area (Å²) in [6.45, 7) is -1.42. The van der Waals surface area contributed by atoms with E-state index >= 15 is 0 Å². The summed E-state index contributed by atoms with van der Waals surface area (Å²) in [6.07, 6.45) is -17.0. The van der Waals surface area contributed by atoms with Gasteiger partial charge in [0.05, 0.1) is 13.2 Å². The maximum Gasteiger partial charge on any atom is 0.195 e. The van der Waals surface area contributed by atoms with Gasteiger partial charge in [0.2, 0.25) is 0 Å². The first-order valence-corrected chi connectivity index (χ1v) is 7.04. The standard InChI is InChI=1S/C12H21FO10/c13-5-8(18)6(16)3(1-14)21-11(5)23-12-10(20)9(19)7(17)4(2-15)22-12/h3-12,14-20H,1-2H2/t3-,4-,5+,6-,7-,8-,9+,10-,11-,12+/m1/s1. The van der Waals surface area contributed by atoms with Crippen molar-refractivity contribution in [2.24, 2.45) is 0 Å². The van der Waals surface area contributed by atoms with E-state index in [1.165, 1.54) is 0 Å². The van der Waals surface area contributed by atoms with Crippen molar-refractivity contribution < 1.29 is 54.3 Å². The molecule has 2 heterocycles. The second-order valence-electron chi connectivity index (χ2n) is 5.48. The fraction of sp³-hybridized carbons (Fsp3) is 1.00. The molecule has 0 aromatic carbocycles. The smallest absolute Gasteiger partial charge is 0.195 e. The van der Waals surface area contributed by atoms with Gasteiger partial charge in [-0.25, -0.2) is 4.39 Å². The molecule has 10 nitrogen and oxygen atoms in total. The van der Waals surface area contributed by atoms with E-state index in [2.05, 4.69) is 0 Å². The topological polar surface area (TPSA) is 169 Å². The highest BCUT2D eigenvalue weighted by Gasteiger charge is 2.50. The molecule has 0 amide bonds. The molecule has 23 heavy (non-hydrogen) atoms. The molecule has 0 spiro atoms. The molecule has 0 bridgehead atoms. The fourth-order valence-corrected chi connectivity index (χ4v) is 2.47. The van der Waals surface area contributed by atoms with Crippen LogP contribution in [0, 0.1) is 0 Å². The van der Waals surface area contributed by atoms with Gasteiger partial charge in [-0.3, -0.25) is 0 Å². The van der Waals surface area contributed by atoms with Crippen molar-refractivity contribution in [3.8, 4) is 0 Å². The summed E-state index contributed by atoms with van der Waals surface area (Å²) < 4.78 is 29.0. The van der Waals surface area contributed by atoms with Crippen molar-refractivity contribution in [1.29, 1.82) is 0 Å². The molecule has 0 aromatic rings. The molecule has 0 aromatic heterocycles. The lowest BCUT2D eigenvalue weighted by atomic mass is 9.98. The summed E-state index contributed by atoms with van der Waals surface area (Å²) in [5, 5.41) is 66.2. The van der Waals surface area contributed by atoms with Gasteiger partial charge in [0.1, 0.15) is 42.7 Å². The minimum atomic E-state index is -2.22. The van der Waals surface area contributed by atoms with Crippen molar-refractivity contribution in [2.75, 3.05) is 13.2 Å². The predicted octanol–water partition coefficient (Wildman–Crippen LogP) is -4.42. The van der Waals surface area contributed by atoms with Crippen LogP contribution >= 0.6 is 0 Å². The molecule has 2 saturated heterocycles. The number of hydrogen-bond acceptors (Lipinski definition) is 10. The normalized spacial score (nSPS) is 51.7. The highest BCUT2D eigenvalue weighted by atomic mass is 19.1. The average molecular weight is 344 g/mol. The Morgan fingerprint density at radius 1 is 0.696 bits per heavy atom. The van der Waals surface area contributed by atoms with E-state index in [1.54, 1.807) is 0 Å². The van der Waals surface area contributed by atoms with Gasteiger partial charge in [-0.2, -0.15) is 0 Å². The maximum atomic E-state index is 14.0. The second kappa shape index (κ2) is 7.61. The van der Waals surface area contributed by atoms with E-state index in [9.17, 15) is 29.9 Å². The summed E-state index contributed by atoms with van der Waals surface area (Å²) in [4.78, 5) is 0. The van der Waals surface area contributed by atoms with Crippen LogP contribution in [0.3, 0.4) is 0 Å². The summed E-state index contributed by atoms with van der Waals surface area (Å²) >= 11 is 0. The zero-order chi connectivity index (χ0) is 17.3. The van der Waals surface area contributed by atoms with Crippen LogP contribution in [-0.4, -0.2) is 110 Å². The lowest BCUT2D eigenvalue weighted by molar-refractivity contribution is -0.370. The van der Waals surface area contributed by atoms with Gasteiger partial charge in [0.25, 0.3) is 0 Å². The Morgan fingerprint density at radius 2 is 1.17 bits per heavy atom. The number of aliphatic hydroxyl groups is 7. The van der Waals surface area contributed by atoms with Gasteiger partial charge in [-0.1, -0.05) is 0 Å². The van der Waals surface area contributed by atoms with Crippen LogP contribution in [0.15, 0.2) is 0 Å². The van der Waals surface area contributed by atoms with Crippen molar-refractivity contribution in [3.05, 3.63) is 0 Å². The summed E-state index contributed by atoms with van der Waals surface area (Å²) in [5.74, 6) is 0. The number of rotatable bonds is 4. The van der Waals surface area contributed by atoms with Gasteiger partial charge in [-0.05, 0) is 0 Å². The number of aliphatic hydroxyl groups excluding tert-OH is 7. The molecule has 0 aliphatic carbocycles. The van der Waals surface area contributed by atoms with Crippen molar-refractivity contribution in [1.82, 2.24) is 0 Å². The van der Waals surface area contributed by atoms with Crippen LogP contribution < -0.4 is 0 Å². The Balaban J connectivity index is 2.07. The minimum absolute atomic E-state index is 0.698. The van der Waals surface area contributed by atoms with Crippen molar-refractivity contribution in [3.63, 3.8) is 0 Å². The quantitative estimate of drug-likeness (QED) is 0.264. The lowest BCUT2D eigenvalue weighted by Gasteiger charge is -2.43. The fourth-order valence-electron chi connectivity index (χ4n) is 2.47. The zero-order valence-corrected chi connectivity index (χ0v) is 11.9. The van der Waals surface area contributed by atoms with Crippen LogP contribution in [0.4, 0.5) is 4.39 Å². The molecule has 2 aliphatic heterocycles. The van der Waals surface area contributed by atoms with Crippen molar-refractivity contribution in [2.45, 2.75) is 61.5 Å². The maximum absolute atomic E-state index is 14.0. The third-order valence-corrected chi connectivity index (χ3v) is 3.92. The number of alkyl halides is 1. The largest absolute Gasteiger partial charge is 0.394 e. The molecule has 0 radical (unpaired) electrons. The molecule has 2 aliphatic rings. The molecular formula is C12H21FO10. The Bertz CT molecular complexity index is 349. The van der Waals surface area contributed by atoms with Gasteiger partial charge in [-0.15, -0.1) is 0 Å². The number of hydrogen-bond donors (Lipinski definition) is 7. The number of halogens is 1. The Kier molecular flexibility index (Phi) is 6.24. The monoisotopic (exact) mass is 344 g/mol. The van der Waals surface area contributed by atoms with E-state index < -0.39 is 74.7 Å². The molecule has 0 unspecified atom stereocenters. The van der Waals surface area contributed by atoms with E-state index in [4.69, 9.17) is 24.4 Å². The summed E-state index contributed by atoms with van der Waals surface area (Å²) in [7, 11) is 0. The first-order chi connectivity index (χ1) is 10.8. The third-order valence-electron chi connectivity index (χ3n) is 3.92. The third kappa shape index (κ3) is 3.64. The molecule has 2 rings (SSSR count). The second-order valence-corrected chi connectivity index (χ2v) is 5.48.